The Morgan fingerprint density at radius 2 is 2.27 bits per heavy atom. The molecular formula is C9H10N4OS. The molecule has 0 aliphatic rings. The Morgan fingerprint density at radius 1 is 1.47 bits per heavy atom. The third-order valence-corrected chi connectivity index (χ3v) is 2.74. The van der Waals surface area contributed by atoms with Crippen LogP contribution in [-0.2, 0) is 0 Å². The molecule has 0 radical (unpaired) electrons. The number of hydrogen-bond acceptors (Lipinski definition) is 4. The normalized spacial score (nSPS) is 10.3. The Kier molecular flexibility index (Phi) is 2.51. The lowest BCUT2D eigenvalue weighted by Crippen LogP contribution is -2.11. The van der Waals surface area contributed by atoms with E-state index in [2.05, 4.69) is 20.5 Å². The van der Waals surface area contributed by atoms with Crippen molar-refractivity contribution in [2.45, 2.75) is 13.8 Å². The first-order valence-corrected chi connectivity index (χ1v) is 5.22. The van der Waals surface area contributed by atoms with Gasteiger partial charge in [-0.3, -0.25) is 15.2 Å². The monoisotopic (exact) mass is 222 g/mol. The van der Waals surface area contributed by atoms with Crippen LogP contribution in [0.1, 0.15) is 20.9 Å². The summed E-state index contributed by atoms with van der Waals surface area (Å²) >= 11 is 1.45. The van der Waals surface area contributed by atoms with Gasteiger partial charge in [0.2, 0.25) is 0 Å². The Bertz CT molecular complexity index is 488. The quantitative estimate of drug-likeness (QED) is 0.813. The van der Waals surface area contributed by atoms with E-state index >= 15 is 0 Å². The highest BCUT2D eigenvalue weighted by Crippen LogP contribution is 2.17. The van der Waals surface area contributed by atoms with Crippen LogP contribution in [0.25, 0.3) is 0 Å². The molecule has 2 aromatic rings. The smallest absolute Gasteiger partial charge is 0.260 e. The van der Waals surface area contributed by atoms with Gasteiger partial charge in [-0.1, -0.05) is 0 Å². The van der Waals surface area contributed by atoms with Crippen molar-refractivity contribution in [3.8, 4) is 0 Å². The maximum absolute atomic E-state index is 11.7. The van der Waals surface area contributed by atoms with E-state index in [0.29, 0.717) is 10.7 Å². The molecular weight excluding hydrogens is 212 g/mol. The van der Waals surface area contributed by atoms with Crippen molar-refractivity contribution >= 4 is 22.4 Å². The lowest BCUT2D eigenvalue weighted by atomic mass is 10.2. The molecule has 0 aliphatic heterocycles. The standard InChI is InChI=1S/C9H10N4OS/c1-5-3-10-9(15-5)12-8(14)7-4-11-13-6(7)2/h3-4H,1-2H3,(H,11,13)(H,10,12,14). The molecule has 1 amide bonds. The number of rotatable bonds is 2. The molecule has 2 N–H and O–H groups in total. The largest absolute Gasteiger partial charge is 0.298 e. The van der Waals surface area contributed by atoms with Crippen LogP contribution >= 0.6 is 11.3 Å². The third-order valence-electron chi connectivity index (χ3n) is 1.92. The summed E-state index contributed by atoms with van der Waals surface area (Å²) in [6, 6.07) is 0. The van der Waals surface area contributed by atoms with Crippen molar-refractivity contribution in [3.05, 3.63) is 28.5 Å². The first-order valence-electron chi connectivity index (χ1n) is 4.40. The Morgan fingerprint density at radius 3 is 2.80 bits per heavy atom. The van der Waals surface area contributed by atoms with Gasteiger partial charge in [-0.15, -0.1) is 11.3 Å². The average molecular weight is 222 g/mol. The lowest BCUT2D eigenvalue weighted by molar-refractivity contribution is 0.102. The van der Waals surface area contributed by atoms with Crippen molar-refractivity contribution in [1.29, 1.82) is 0 Å². The summed E-state index contributed by atoms with van der Waals surface area (Å²) in [5, 5.41) is 9.82. The molecule has 0 atom stereocenters. The summed E-state index contributed by atoms with van der Waals surface area (Å²) in [5.74, 6) is -0.185. The van der Waals surface area contributed by atoms with E-state index in [4.69, 9.17) is 0 Å². The van der Waals surface area contributed by atoms with Crippen LogP contribution < -0.4 is 5.32 Å². The van der Waals surface area contributed by atoms with Gasteiger partial charge in [0.1, 0.15) is 0 Å². The van der Waals surface area contributed by atoms with Crippen LogP contribution in [0.4, 0.5) is 5.13 Å². The predicted octanol–water partition coefficient (Wildman–Crippen LogP) is 1.74. The molecule has 0 saturated heterocycles. The minimum atomic E-state index is -0.185. The van der Waals surface area contributed by atoms with Crippen LogP contribution in [0.2, 0.25) is 0 Å². The molecule has 0 unspecified atom stereocenters. The molecule has 0 saturated carbocycles. The van der Waals surface area contributed by atoms with E-state index in [1.807, 2.05) is 6.92 Å². The lowest BCUT2D eigenvalue weighted by Gasteiger charge is -1.98. The number of nitrogens with zero attached hydrogens (tertiary/aromatic N) is 2. The summed E-state index contributed by atoms with van der Waals surface area (Å²) in [6.07, 6.45) is 3.23. The maximum Gasteiger partial charge on any atom is 0.260 e. The van der Waals surface area contributed by atoms with Crippen molar-refractivity contribution in [3.63, 3.8) is 0 Å². The van der Waals surface area contributed by atoms with Gasteiger partial charge in [0.15, 0.2) is 5.13 Å². The fraction of sp³-hybridized carbons (Fsp3) is 0.222. The Hall–Kier alpha value is -1.69. The zero-order chi connectivity index (χ0) is 10.8. The highest BCUT2D eigenvalue weighted by Gasteiger charge is 2.12. The average Bonchev–Trinajstić information content (AvgIpc) is 2.75. The number of thiazole rings is 1. The summed E-state index contributed by atoms with van der Waals surface area (Å²) in [6.45, 7) is 3.74. The van der Waals surface area contributed by atoms with Crippen molar-refractivity contribution in [1.82, 2.24) is 15.2 Å². The number of hydrogen-bond donors (Lipinski definition) is 2. The number of aryl methyl sites for hydroxylation is 2. The van der Waals surface area contributed by atoms with Crippen LogP contribution in [0.15, 0.2) is 12.4 Å². The highest BCUT2D eigenvalue weighted by atomic mass is 32.1. The highest BCUT2D eigenvalue weighted by molar-refractivity contribution is 7.15. The number of anilines is 1. The van der Waals surface area contributed by atoms with E-state index < -0.39 is 0 Å². The summed E-state index contributed by atoms with van der Waals surface area (Å²) < 4.78 is 0. The number of aromatic nitrogens is 3. The maximum atomic E-state index is 11.7. The van der Waals surface area contributed by atoms with E-state index in [0.717, 1.165) is 10.6 Å². The van der Waals surface area contributed by atoms with E-state index in [9.17, 15) is 4.79 Å². The van der Waals surface area contributed by atoms with Gasteiger partial charge >= 0.3 is 0 Å². The second kappa shape index (κ2) is 3.82. The van der Waals surface area contributed by atoms with Crippen molar-refractivity contribution in [2.75, 3.05) is 5.32 Å². The SMILES string of the molecule is Cc1cnc(NC(=O)c2cn[nH]c2C)s1. The Labute approximate surface area is 90.6 Å². The van der Waals surface area contributed by atoms with Gasteiger partial charge in [-0.05, 0) is 13.8 Å². The van der Waals surface area contributed by atoms with Crippen molar-refractivity contribution in [2.24, 2.45) is 0 Å². The molecule has 0 fully saturated rings. The molecule has 5 nitrogen and oxygen atoms in total. The first-order chi connectivity index (χ1) is 7.16. The van der Waals surface area contributed by atoms with Crippen LogP contribution in [0.5, 0.6) is 0 Å². The molecule has 2 heterocycles. The molecule has 0 bridgehead atoms. The fourth-order valence-corrected chi connectivity index (χ4v) is 1.82. The predicted molar refractivity (Wildman–Crippen MR) is 58.1 cm³/mol. The van der Waals surface area contributed by atoms with Crippen molar-refractivity contribution < 1.29 is 4.79 Å². The number of aromatic amines is 1. The third kappa shape index (κ3) is 2.04. The number of carbonyl (C=O) groups excluding carboxylic acids is 1. The zero-order valence-corrected chi connectivity index (χ0v) is 9.18. The van der Waals surface area contributed by atoms with Crippen LogP contribution in [-0.4, -0.2) is 21.1 Å². The van der Waals surface area contributed by atoms with Gasteiger partial charge in [0, 0.05) is 16.8 Å². The second-order valence-corrected chi connectivity index (χ2v) is 4.37. The van der Waals surface area contributed by atoms with Gasteiger partial charge in [-0.2, -0.15) is 5.10 Å². The van der Waals surface area contributed by atoms with Gasteiger partial charge in [0.05, 0.1) is 11.8 Å². The van der Waals surface area contributed by atoms with E-state index in [-0.39, 0.29) is 5.91 Å². The summed E-state index contributed by atoms with van der Waals surface area (Å²) in [5.41, 5.74) is 1.30. The molecule has 0 aromatic carbocycles. The van der Waals surface area contributed by atoms with Crippen LogP contribution in [0.3, 0.4) is 0 Å². The van der Waals surface area contributed by atoms with E-state index in [1.54, 1.807) is 13.1 Å². The minimum absolute atomic E-state index is 0.185. The molecule has 0 spiro atoms. The fourth-order valence-electron chi connectivity index (χ4n) is 1.16. The molecule has 2 aromatic heterocycles. The Balaban J connectivity index is 2.14. The van der Waals surface area contributed by atoms with Crippen LogP contribution in [0, 0.1) is 13.8 Å². The molecule has 78 valence electrons. The first kappa shape index (κ1) is 9.85. The second-order valence-electron chi connectivity index (χ2n) is 3.14. The molecule has 6 heteroatoms. The van der Waals surface area contributed by atoms with E-state index in [1.165, 1.54) is 17.5 Å². The zero-order valence-electron chi connectivity index (χ0n) is 8.37. The number of H-pyrrole nitrogens is 1. The van der Waals surface area contributed by atoms with Gasteiger partial charge in [0.25, 0.3) is 5.91 Å². The summed E-state index contributed by atoms with van der Waals surface area (Å²) in [4.78, 5) is 16.8. The minimum Gasteiger partial charge on any atom is -0.298 e. The molecule has 15 heavy (non-hydrogen) atoms. The summed E-state index contributed by atoms with van der Waals surface area (Å²) in [7, 11) is 0. The number of nitrogens with one attached hydrogen (secondary N) is 2. The number of carbonyl (C=O) groups is 1. The van der Waals surface area contributed by atoms with Gasteiger partial charge < -0.3 is 0 Å². The van der Waals surface area contributed by atoms with Gasteiger partial charge in [-0.25, -0.2) is 4.98 Å². The topological polar surface area (TPSA) is 70.7 Å². The molecule has 0 aliphatic carbocycles. The number of amides is 1. The molecule has 2 rings (SSSR count).